The molecule has 7 heteroatoms. The maximum Gasteiger partial charge on any atom is 0.315 e. The first-order valence-corrected chi connectivity index (χ1v) is 6.76. The first-order valence-electron chi connectivity index (χ1n) is 6.76. The average molecular weight is 287 g/mol. The molecule has 3 N–H and O–H groups in total. The SMILES string of the molecule is CCN(C)C(=O)CNC(=O)NCC(CC(C)C)C(=O)O. The second kappa shape index (κ2) is 9.17. The summed E-state index contributed by atoms with van der Waals surface area (Å²) in [6.45, 7) is 6.21. The minimum absolute atomic E-state index is 0.0527. The molecular formula is C13H25N3O4. The van der Waals surface area contributed by atoms with Crippen molar-refractivity contribution in [3.63, 3.8) is 0 Å². The number of aliphatic carboxylic acids is 1. The Morgan fingerprint density at radius 3 is 2.25 bits per heavy atom. The molecule has 20 heavy (non-hydrogen) atoms. The van der Waals surface area contributed by atoms with Gasteiger partial charge in [-0.25, -0.2) is 4.79 Å². The van der Waals surface area contributed by atoms with E-state index < -0.39 is 17.9 Å². The molecule has 1 atom stereocenters. The quantitative estimate of drug-likeness (QED) is 0.605. The van der Waals surface area contributed by atoms with Crippen LogP contribution in [0.1, 0.15) is 27.2 Å². The van der Waals surface area contributed by atoms with Crippen LogP contribution in [0.4, 0.5) is 4.79 Å². The zero-order valence-electron chi connectivity index (χ0n) is 12.6. The summed E-state index contributed by atoms with van der Waals surface area (Å²) in [6, 6.07) is -0.530. The van der Waals surface area contributed by atoms with Crippen molar-refractivity contribution in [3.05, 3.63) is 0 Å². The lowest BCUT2D eigenvalue weighted by Gasteiger charge is -2.17. The molecule has 0 radical (unpaired) electrons. The molecule has 0 aliphatic rings. The second-order valence-electron chi connectivity index (χ2n) is 5.14. The molecule has 0 rings (SSSR count). The summed E-state index contributed by atoms with van der Waals surface area (Å²) in [4.78, 5) is 35.4. The standard InChI is InChI=1S/C13H25N3O4/c1-5-16(4)11(17)8-15-13(20)14-7-10(12(18)19)6-9(2)3/h9-10H,5-8H2,1-4H3,(H,18,19)(H2,14,15,20). The van der Waals surface area contributed by atoms with Crippen LogP contribution < -0.4 is 10.6 Å². The zero-order chi connectivity index (χ0) is 15.7. The molecule has 0 bridgehead atoms. The number of likely N-dealkylation sites (N-methyl/N-ethyl adjacent to an activating group) is 1. The van der Waals surface area contributed by atoms with E-state index in [0.717, 1.165) is 0 Å². The summed E-state index contributed by atoms with van der Waals surface area (Å²) >= 11 is 0. The van der Waals surface area contributed by atoms with Gasteiger partial charge in [-0.1, -0.05) is 13.8 Å². The Labute approximate surface area is 119 Å². The lowest BCUT2D eigenvalue weighted by molar-refractivity contribution is -0.142. The maximum atomic E-state index is 11.5. The smallest absolute Gasteiger partial charge is 0.315 e. The number of urea groups is 1. The van der Waals surface area contributed by atoms with E-state index in [4.69, 9.17) is 5.11 Å². The van der Waals surface area contributed by atoms with Gasteiger partial charge in [0, 0.05) is 20.1 Å². The fourth-order valence-electron chi connectivity index (χ4n) is 1.59. The highest BCUT2D eigenvalue weighted by molar-refractivity contribution is 5.84. The van der Waals surface area contributed by atoms with Gasteiger partial charge in [0.15, 0.2) is 0 Å². The maximum absolute atomic E-state index is 11.5. The van der Waals surface area contributed by atoms with E-state index in [1.165, 1.54) is 4.90 Å². The fraction of sp³-hybridized carbons (Fsp3) is 0.769. The van der Waals surface area contributed by atoms with Crippen LogP contribution in [-0.4, -0.2) is 54.6 Å². The Balaban J connectivity index is 4.08. The number of amides is 3. The van der Waals surface area contributed by atoms with Crippen molar-refractivity contribution in [2.45, 2.75) is 27.2 Å². The van der Waals surface area contributed by atoms with Gasteiger partial charge in [-0.15, -0.1) is 0 Å². The van der Waals surface area contributed by atoms with Crippen molar-refractivity contribution in [2.75, 3.05) is 26.7 Å². The molecule has 0 aliphatic carbocycles. The van der Waals surface area contributed by atoms with Crippen molar-refractivity contribution < 1.29 is 19.5 Å². The van der Waals surface area contributed by atoms with Crippen LogP contribution in [0.25, 0.3) is 0 Å². The van der Waals surface area contributed by atoms with E-state index in [2.05, 4.69) is 10.6 Å². The molecule has 7 nitrogen and oxygen atoms in total. The van der Waals surface area contributed by atoms with Crippen LogP contribution in [0.2, 0.25) is 0 Å². The second-order valence-corrected chi connectivity index (χ2v) is 5.14. The topological polar surface area (TPSA) is 98.7 Å². The first kappa shape index (κ1) is 18.2. The molecule has 0 aromatic rings. The van der Waals surface area contributed by atoms with Gasteiger partial charge in [-0.3, -0.25) is 9.59 Å². The van der Waals surface area contributed by atoms with Crippen molar-refractivity contribution in [3.8, 4) is 0 Å². The molecule has 0 aromatic carbocycles. The van der Waals surface area contributed by atoms with Crippen LogP contribution in [0.3, 0.4) is 0 Å². The Kier molecular flexibility index (Phi) is 8.35. The van der Waals surface area contributed by atoms with Crippen LogP contribution >= 0.6 is 0 Å². The molecule has 0 saturated carbocycles. The number of carboxylic acids is 1. The van der Waals surface area contributed by atoms with E-state index in [9.17, 15) is 14.4 Å². The van der Waals surface area contributed by atoms with Crippen LogP contribution in [0.15, 0.2) is 0 Å². The minimum Gasteiger partial charge on any atom is -0.481 e. The Bertz CT molecular complexity index is 345. The van der Waals surface area contributed by atoms with Crippen LogP contribution in [0, 0.1) is 11.8 Å². The van der Waals surface area contributed by atoms with E-state index >= 15 is 0 Å². The normalized spacial score (nSPS) is 11.8. The minimum atomic E-state index is -0.930. The van der Waals surface area contributed by atoms with Gasteiger partial charge in [0.05, 0.1) is 12.5 Å². The average Bonchev–Trinajstić information content (AvgIpc) is 2.38. The summed E-state index contributed by atoms with van der Waals surface area (Å²) in [5.74, 6) is -1.50. The highest BCUT2D eigenvalue weighted by Gasteiger charge is 2.19. The summed E-state index contributed by atoms with van der Waals surface area (Å²) < 4.78 is 0. The van der Waals surface area contributed by atoms with Gasteiger partial charge < -0.3 is 20.6 Å². The molecule has 0 heterocycles. The van der Waals surface area contributed by atoms with Crippen molar-refractivity contribution in [2.24, 2.45) is 11.8 Å². The zero-order valence-corrected chi connectivity index (χ0v) is 12.6. The molecule has 0 aromatic heterocycles. The van der Waals surface area contributed by atoms with Gasteiger partial charge in [0.25, 0.3) is 0 Å². The number of hydrogen-bond acceptors (Lipinski definition) is 3. The predicted molar refractivity (Wildman–Crippen MR) is 75.3 cm³/mol. The number of rotatable bonds is 8. The van der Waals surface area contributed by atoms with E-state index in [-0.39, 0.29) is 24.9 Å². The highest BCUT2D eigenvalue weighted by Crippen LogP contribution is 2.10. The lowest BCUT2D eigenvalue weighted by atomic mass is 9.97. The molecule has 0 spiro atoms. The third-order valence-electron chi connectivity index (χ3n) is 2.91. The van der Waals surface area contributed by atoms with Crippen molar-refractivity contribution in [1.82, 2.24) is 15.5 Å². The van der Waals surface area contributed by atoms with E-state index in [0.29, 0.717) is 13.0 Å². The van der Waals surface area contributed by atoms with Crippen molar-refractivity contribution in [1.29, 1.82) is 0 Å². The predicted octanol–water partition coefficient (Wildman–Crippen LogP) is 0.511. The number of carbonyl (C=O) groups excluding carboxylic acids is 2. The fourth-order valence-corrected chi connectivity index (χ4v) is 1.59. The van der Waals surface area contributed by atoms with Gasteiger partial charge >= 0.3 is 12.0 Å². The Hall–Kier alpha value is -1.79. The lowest BCUT2D eigenvalue weighted by Crippen LogP contribution is -2.44. The first-order chi connectivity index (χ1) is 9.27. The molecule has 0 aliphatic heterocycles. The monoisotopic (exact) mass is 287 g/mol. The Morgan fingerprint density at radius 2 is 1.80 bits per heavy atom. The number of hydrogen-bond donors (Lipinski definition) is 3. The van der Waals surface area contributed by atoms with E-state index in [1.54, 1.807) is 7.05 Å². The summed E-state index contributed by atoms with van der Waals surface area (Å²) in [5, 5.41) is 13.9. The Morgan fingerprint density at radius 1 is 1.20 bits per heavy atom. The largest absolute Gasteiger partial charge is 0.481 e. The summed E-state index contributed by atoms with van der Waals surface area (Å²) in [5.41, 5.74) is 0. The summed E-state index contributed by atoms with van der Waals surface area (Å²) in [7, 11) is 1.64. The van der Waals surface area contributed by atoms with Crippen molar-refractivity contribution >= 4 is 17.9 Å². The van der Waals surface area contributed by atoms with Gasteiger partial charge in [0.1, 0.15) is 0 Å². The summed E-state index contributed by atoms with van der Waals surface area (Å²) in [6.07, 6.45) is 0.493. The molecule has 116 valence electrons. The number of nitrogens with one attached hydrogen (secondary N) is 2. The molecule has 3 amide bonds. The van der Waals surface area contributed by atoms with Gasteiger partial charge in [-0.2, -0.15) is 0 Å². The van der Waals surface area contributed by atoms with Gasteiger partial charge in [-0.05, 0) is 19.3 Å². The van der Waals surface area contributed by atoms with Crippen LogP contribution in [0.5, 0.6) is 0 Å². The molecule has 1 unspecified atom stereocenters. The third-order valence-corrected chi connectivity index (χ3v) is 2.91. The molecular weight excluding hydrogens is 262 g/mol. The number of nitrogens with zero attached hydrogens (tertiary/aromatic N) is 1. The highest BCUT2D eigenvalue weighted by atomic mass is 16.4. The van der Waals surface area contributed by atoms with Crippen LogP contribution in [-0.2, 0) is 9.59 Å². The van der Waals surface area contributed by atoms with E-state index in [1.807, 2.05) is 20.8 Å². The number of carboxylic acid groups (broad SMARTS) is 1. The molecule has 0 saturated heterocycles. The number of carbonyl (C=O) groups is 3. The third kappa shape index (κ3) is 7.60. The van der Waals surface area contributed by atoms with Gasteiger partial charge in [0.2, 0.25) is 5.91 Å². The molecule has 0 fully saturated rings.